The molecule has 12 heteroatoms. The molecule has 14 unspecified atom stereocenters. The van der Waals surface area contributed by atoms with Crippen LogP contribution in [0.25, 0.3) is 0 Å². The molecule has 0 aliphatic carbocycles. The Hall–Kier alpha value is -1.06. The SMILES string of the molecule is CCCCC(C)C(O)C(O)CC(C)CC(O)CCCCC(O)CC(O)C(C)=O.CCCCC(C)C(O)C(O)CC(C)CC(O)CCCCC(O)CC(O)C(C)=O. The average molecular weight is 809 g/mol. The van der Waals surface area contributed by atoms with E-state index < -0.39 is 61.0 Å². The maximum Gasteiger partial charge on any atom is 0.158 e. The van der Waals surface area contributed by atoms with Crippen molar-refractivity contribution in [2.75, 3.05) is 0 Å². The highest BCUT2D eigenvalue weighted by atomic mass is 16.3. The van der Waals surface area contributed by atoms with Gasteiger partial charge in [0.15, 0.2) is 11.6 Å². The lowest BCUT2D eigenvalue weighted by Crippen LogP contribution is -2.34. The van der Waals surface area contributed by atoms with E-state index in [0.29, 0.717) is 64.2 Å². The first-order valence-electron chi connectivity index (χ1n) is 22.0. The highest BCUT2D eigenvalue weighted by Gasteiger charge is 2.26. The number of hydrogen-bond acceptors (Lipinski definition) is 12. The first kappa shape index (κ1) is 57.0. The van der Waals surface area contributed by atoms with E-state index in [1.54, 1.807) is 0 Å². The maximum atomic E-state index is 11.0. The van der Waals surface area contributed by atoms with Crippen LogP contribution in [0.1, 0.15) is 184 Å². The summed E-state index contributed by atoms with van der Waals surface area (Å²) in [5.41, 5.74) is 0. The van der Waals surface area contributed by atoms with E-state index in [0.717, 1.165) is 51.4 Å². The fourth-order valence-corrected chi connectivity index (χ4v) is 7.22. The highest BCUT2D eigenvalue weighted by molar-refractivity contribution is 5.80. The fourth-order valence-electron chi connectivity index (χ4n) is 7.22. The molecule has 0 spiro atoms. The van der Waals surface area contributed by atoms with Crippen LogP contribution in [0, 0.1) is 23.7 Å². The van der Waals surface area contributed by atoms with Crippen LogP contribution in [0.15, 0.2) is 0 Å². The molecule has 0 aromatic carbocycles. The van der Waals surface area contributed by atoms with E-state index in [4.69, 9.17) is 0 Å². The number of ketones is 2. The predicted octanol–water partition coefficient (Wildman–Crippen LogP) is 5.15. The number of rotatable bonds is 34. The van der Waals surface area contributed by atoms with Crippen LogP contribution in [0.3, 0.4) is 0 Å². The molecule has 0 aromatic rings. The largest absolute Gasteiger partial charge is 0.393 e. The van der Waals surface area contributed by atoms with E-state index in [1.165, 1.54) is 13.8 Å². The van der Waals surface area contributed by atoms with E-state index in [-0.39, 0.29) is 48.1 Å². The van der Waals surface area contributed by atoms with Crippen molar-refractivity contribution in [3.63, 3.8) is 0 Å². The van der Waals surface area contributed by atoms with Gasteiger partial charge in [0.05, 0.1) is 48.8 Å². The van der Waals surface area contributed by atoms with Crippen molar-refractivity contribution in [1.82, 2.24) is 0 Å². The topological polar surface area (TPSA) is 236 Å². The molecule has 0 aliphatic heterocycles. The van der Waals surface area contributed by atoms with Gasteiger partial charge in [0.25, 0.3) is 0 Å². The predicted molar refractivity (Wildman–Crippen MR) is 222 cm³/mol. The molecule has 0 rings (SSSR count). The lowest BCUT2D eigenvalue weighted by molar-refractivity contribution is -0.127. The van der Waals surface area contributed by atoms with Crippen molar-refractivity contribution in [3.05, 3.63) is 0 Å². The van der Waals surface area contributed by atoms with Gasteiger partial charge in [-0.05, 0) is 102 Å². The van der Waals surface area contributed by atoms with Gasteiger partial charge in [0.2, 0.25) is 0 Å². The first-order valence-corrected chi connectivity index (χ1v) is 22.0. The molecule has 12 nitrogen and oxygen atoms in total. The molecular formula is C44H88O12. The molecule has 0 aromatic heterocycles. The summed E-state index contributed by atoms with van der Waals surface area (Å²) in [6, 6.07) is 0. The van der Waals surface area contributed by atoms with Gasteiger partial charge in [-0.3, -0.25) is 9.59 Å². The number of Topliss-reactive ketones (excluding diaryl/α,β-unsaturated/α-hetero) is 2. The lowest BCUT2D eigenvalue weighted by Gasteiger charge is -2.26. The van der Waals surface area contributed by atoms with Crippen molar-refractivity contribution < 1.29 is 60.7 Å². The van der Waals surface area contributed by atoms with Crippen LogP contribution in [0.2, 0.25) is 0 Å². The number of carbonyl (C=O) groups is 2. The second-order valence-corrected chi connectivity index (χ2v) is 17.4. The molecule has 336 valence electrons. The Morgan fingerprint density at radius 2 is 0.661 bits per heavy atom. The third kappa shape index (κ3) is 30.1. The summed E-state index contributed by atoms with van der Waals surface area (Å²) in [7, 11) is 0. The van der Waals surface area contributed by atoms with Crippen LogP contribution in [0.4, 0.5) is 0 Å². The summed E-state index contributed by atoms with van der Waals surface area (Å²) in [5, 5.41) is 99.9. The molecule has 0 amide bonds. The monoisotopic (exact) mass is 809 g/mol. The van der Waals surface area contributed by atoms with Crippen LogP contribution in [-0.2, 0) is 9.59 Å². The van der Waals surface area contributed by atoms with E-state index in [1.807, 2.05) is 27.7 Å². The molecule has 0 aliphatic rings. The van der Waals surface area contributed by atoms with Gasteiger partial charge in [-0.2, -0.15) is 0 Å². The highest BCUT2D eigenvalue weighted by Crippen LogP contribution is 2.24. The van der Waals surface area contributed by atoms with Gasteiger partial charge in [-0.15, -0.1) is 0 Å². The number of unbranched alkanes of at least 4 members (excludes halogenated alkanes) is 4. The molecule has 0 saturated heterocycles. The standard InChI is InChI=1S/2C22H44O6/c2*1-5-6-9-16(3)22(28)21(27)13-15(2)12-18(24)10-7-8-11-19(25)14-20(26)17(4)23/h2*15-16,18-22,24-28H,5-14H2,1-4H3. The molecule has 0 heterocycles. The second-order valence-electron chi connectivity index (χ2n) is 17.4. The van der Waals surface area contributed by atoms with Crippen molar-refractivity contribution in [2.24, 2.45) is 23.7 Å². The van der Waals surface area contributed by atoms with Gasteiger partial charge >= 0.3 is 0 Å². The van der Waals surface area contributed by atoms with Crippen LogP contribution in [-0.4, -0.2) is 124 Å². The molecule has 10 N–H and O–H groups in total. The van der Waals surface area contributed by atoms with Crippen LogP contribution < -0.4 is 0 Å². The van der Waals surface area contributed by atoms with Gasteiger partial charge < -0.3 is 51.1 Å². The molecule has 0 fully saturated rings. The van der Waals surface area contributed by atoms with Gasteiger partial charge in [-0.1, -0.05) is 92.9 Å². The van der Waals surface area contributed by atoms with E-state index in [2.05, 4.69) is 13.8 Å². The number of carbonyl (C=O) groups excluding carboxylic acids is 2. The Labute approximate surface area is 340 Å². The zero-order chi connectivity index (χ0) is 43.4. The molecule has 0 radical (unpaired) electrons. The van der Waals surface area contributed by atoms with Crippen molar-refractivity contribution in [1.29, 1.82) is 0 Å². The average Bonchev–Trinajstić information content (AvgIpc) is 3.12. The van der Waals surface area contributed by atoms with Gasteiger partial charge in [-0.25, -0.2) is 0 Å². The Balaban J connectivity index is 0. The summed E-state index contributed by atoms with van der Waals surface area (Å²) in [4.78, 5) is 22.0. The quantitative estimate of drug-likeness (QED) is 0.0381. The minimum absolute atomic E-state index is 0.0613. The zero-order valence-corrected chi connectivity index (χ0v) is 36.5. The Bertz CT molecular complexity index is 879. The Kier molecular flexibility index (Phi) is 34.4. The summed E-state index contributed by atoms with van der Waals surface area (Å²) < 4.78 is 0. The maximum absolute atomic E-state index is 11.0. The molecule has 0 saturated carbocycles. The third-order valence-electron chi connectivity index (χ3n) is 11.2. The first-order chi connectivity index (χ1) is 26.2. The van der Waals surface area contributed by atoms with Crippen molar-refractivity contribution in [3.8, 4) is 0 Å². The number of aliphatic hydroxyl groups is 10. The lowest BCUT2D eigenvalue weighted by atomic mass is 9.88. The number of hydrogen-bond donors (Lipinski definition) is 10. The van der Waals surface area contributed by atoms with E-state index in [9.17, 15) is 60.7 Å². The normalized spacial score (nSPS) is 19.5. The molecule has 56 heavy (non-hydrogen) atoms. The number of aliphatic hydroxyl groups excluding tert-OH is 10. The van der Waals surface area contributed by atoms with E-state index >= 15 is 0 Å². The Morgan fingerprint density at radius 3 is 0.911 bits per heavy atom. The summed E-state index contributed by atoms with van der Waals surface area (Å²) in [6.45, 7) is 14.7. The summed E-state index contributed by atoms with van der Waals surface area (Å²) in [5.74, 6) is -0.324. The van der Waals surface area contributed by atoms with Crippen molar-refractivity contribution >= 4 is 11.6 Å². The molecule has 14 atom stereocenters. The minimum Gasteiger partial charge on any atom is -0.393 e. The van der Waals surface area contributed by atoms with Gasteiger partial charge in [0.1, 0.15) is 12.2 Å². The molecule has 0 bridgehead atoms. The fraction of sp³-hybridized carbons (Fsp3) is 0.955. The van der Waals surface area contributed by atoms with Crippen LogP contribution in [0.5, 0.6) is 0 Å². The van der Waals surface area contributed by atoms with Crippen molar-refractivity contribution in [2.45, 2.75) is 245 Å². The van der Waals surface area contributed by atoms with Crippen LogP contribution >= 0.6 is 0 Å². The van der Waals surface area contributed by atoms with Gasteiger partial charge in [0, 0.05) is 12.8 Å². The third-order valence-corrected chi connectivity index (χ3v) is 11.2. The summed E-state index contributed by atoms with van der Waals surface area (Å²) in [6.07, 6.45) is 5.82. The smallest absolute Gasteiger partial charge is 0.158 e. The Morgan fingerprint density at radius 1 is 0.393 bits per heavy atom. The minimum atomic E-state index is -1.10. The zero-order valence-electron chi connectivity index (χ0n) is 36.5. The summed E-state index contributed by atoms with van der Waals surface area (Å²) >= 11 is 0. The molecular weight excluding hydrogens is 720 g/mol. The second kappa shape index (κ2) is 33.7.